The predicted molar refractivity (Wildman–Crippen MR) is 63.4 cm³/mol. The number of unbranched alkanes of at least 4 members (excludes halogenated alkanes) is 1. The highest BCUT2D eigenvalue weighted by atomic mass is 31.1. The molecule has 0 radical (unpaired) electrons. The molecular weight excluding hydrogens is 191 g/mol. The lowest BCUT2D eigenvalue weighted by molar-refractivity contribution is 0.359. The van der Waals surface area contributed by atoms with Gasteiger partial charge in [0.1, 0.15) is 5.75 Å². The van der Waals surface area contributed by atoms with Crippen LogP contribution in [0.15, 0.2) is 18.2 Å². The van der Waals surface area contributed by atoms with Gasteiger partial charge in [-0.2, -0.15) is 0 Å². The Kier molecular flexibility index (Phi) is 3.42. The third kappa shape index (κ3) is 2.09. The quantitative estimate of drug-likeness (QED) is 0.546. The van der Waals surface area contributed by atoms with Crippen LogP contribution in [0.25, 0.3) is 0 Å². The van der Waals surface area contributed by atoms with Gasteiger partial charge in [-0.1, -0.05) is 40.1 Å². The van der Waals surface area contributed by atoms with E-state index in [1.54, 1.807) is 0 Å². The second-order valence-electron chi connectivity index (χ2n) is 3.67. The molecule has 0 saturated heterocycles. The Morgan fingerprint density at radius 1 is 1.43 bits per heavy atom. The van der Waals surface area contributed by atoms with Crippen LogP contribution < -0.4 is 10.0 Å². The second-order valence-corrected chi connectivity index (χ2v) is 5.06. The van der Waals surface area contributed by atoms with Crippen molar-refractivity contribution in [2.24, 2.45) is 0 Å². The molecule has 76 valence electrons. The van der Waals surface area contributed by atoms with Crippen LogP contribution in [0.3, 0.4) is 0 Å². The molecule has 0 aromatic heterocycles. The van der Waals surface area contributed by atoms with E-state index in [0.717, 1.165) is 21.6 Å². The van der Waals surface area contributed by atoms with Crippen molar-refractivity contribution < 1.29 is 4.74 Å². The van der Waals surface area contributed by atoms with Gasteiger partial charge in [0.15, 0.2) is 0 Å². The molecule has 0 fully saturated rings. The van der Waals surface area contributed by atoms with Crippen LogP contribution >= 0.6 is 8.58 Å². The molecule has 0 aliphatic carbocycles. The fraction of sp³-hybridized carbons (Fsp3) is 0.500. The first-order valence-corrected chi connectivity index (χ1v) is 6.61. The molecule has 1 aliphatic rings. The summed E-state index contributed by atoms with van der Waals surface area (Å²) in [6, 6.07) is 6.58. The smallest absolute Gasteiger partial charge is 0.130 e. The summed E-state index contributed by atoms with van der Waals surface area (Å²) in [5.41, 5.74) is 1.41. The molecule has 1 aromatic rings. The highest BCUT2D eigenvalue weighted by molar-refractivity contribution is 7.47. The van der Waals surface area contributed by atoms with E-state index in [1.807, 2.05) is 0 Å². The van der Waals surface area contributed by atoms with Crippen LogP contribution in [0.5, 0.6) is 5.75 Å². The van der Waals surface area contributed by atoms with E-state index in [1.165, 1.54) is 35.6 Å². The van der Waals surface area contributed by atoms with Crippen molar-refractivity contribution >= 4 is 13.9 Å². The standard InChI is InChI=1S/C12H17OP/c1-2-3-9-14-11-6-4-5-10-7-8-13-12(10)11/h4-6,14H,2-3,7-9H2,1H3. The zero-order valence-corrected chi connectivity index (χ0v) is 9.68. The Balaban J connectivity index is 2.06. The van der Waals surface area contributed by atoms with Crippen molar-refractivity contribution in [3.8, 4) is 5.75 Å². The van der Waals surface area contributed by atoms with Gasteiger partial charge in [0, 0.05) is 11.7 Å². The summed E-state index contributed by atoms with van der Waals surface area (Å²) in [4.78, 5) is 0. The van der Waals surface area contributed by atoms with E-state index in [0.29, 0.717) is 0 Å². The third-order valence-corrected chi connectivity index (χ3v) is 3.94. The van der Waals surface area contributed by atoms with Gasteiger partial charge in [-0.15, -0.1) is 0 Å². The molecule has 14 heavy (non-hydrogen) atoms. The number of fused-ring (bicyclic) bond motifs is 1. The van der Waals surface area contributed by atoms with Crippen molar-refractivity contribution in [1.29, 1.82) is 0 Å². The predicted octanol–water partition coefficient (Wildman–Crippen LogP) is 2.73. The first-order chi connectivity index (χ1) is 6.92. The maximum Gasteiger partial charge on any atom is 0.130 e. The molecule has 1 aromatic carbocycles. The molecule has 0 N–H and O–H groups in total. The van der Waals surface area contributed by atoms with E-state index in [9.17, 15) is 0 Å². The maximum atomic E-state index is 5.67. The molecule has 0 spiro atoms. The fourth-order valence-electron chi connectivity index (χ4n) is 1.75. The fourth-order valence-corrected chi connectivity index (χ4v) is 3.16. The zero-order valence-electron chi connectivity index (χ0n) is 8.68. The summed E-state index contributed by atoms with van der Waals surface area (Å²) in [7, 11) is 0.928. The summed E-state index contributed by atoms with van der Waals surface area (Å²) in [5.74, 6) is 1.20. The number of hydrogen-bond donors (Lipinski definition) is 0. The normalized spacial score (nSPS) is 14.6. The van der Waals surface area contributed by atoms with E-state index < -0.39 is 0 Å². The third-order valence-electron chi connectivity index (χ3n) is 2.56. The first-order valence-electron chi connectivity index (χ1n) is 5.40. The monoisotopic (exact) mass is 208 g/mol. The molecule has 1 aliphatic heterocycles. The van der Waals surface area contributed by atoms with Gasteiger partial charge in [-0.3, -0.25) is 0 Å². The van der Waals surface area contributed by atoms with Crippen molar-refractivity contribution in [1.82, 2.24) is 0 Å². The Bertz CT molecular complexity index is 309. The van der Waals surface area contributed by atoms with Crippen LogP contribution in [0, 0.1) is 0 Å². The van der Waals surface area contributed by atoms with Gasteiger partial charge in [-0.05, 0) is 18.1 Å². The molecule has 0 saturated carbocycles. The largest absolute Gasteiger partial charge is 0.492 e. The van der Waals surface area contributed by atoms with Gasteiger partial charge in [0.2, 0.25) is 0 Å². The van der Waals surface area contributed by atoms with Crippen molar-refractivity contribution in [3.63, 3.8) is 0 Å². The second kappa shape index (κ2) is 4.79. The lowest BCUT2D eigenvalue weighted by atomic mass is 10.2. The average Bonchev–Trinajstić information content (AvgIpc) is 2.67. The summed E-state index contributed by atoms with van der Waals surface area (Å²) in [6.07, 6.45) is 5.04. The van der Waals surface area contributed by atoms with E-state index in [2.05, 4.69) is 25.1 Å². The van der Waals surface area contributed by atoms with Gasteiger partial charge in [0.25, 0.3) is 0 Å². The Morgan fingerprint density at radius 2 is 2.36 bits per heavy atom. The van der Waals surface area contributed by atoms with Crippen molar-refractivity contribution in [2.75, 3.05) is 12.8 Å². The van der Waals surface area contributed by atoms with Crippen molar-refractivity contribution in [2.45, 2.75) is 26.2 Å². The summed E-state index contributed by atoms with van der Waals surface area (Å²) in [5, 5.41) is 1.44. The van der Waals surface area contributed by atoms with Crippen LogP contribution in [-0.4, -0.2) is 12.8 Å². The molecule has 1 heterocycles. The average molecular weight is 208 g/mol. The Morgan fingerprint density at radius 3 is 3.21 bits per heavy atom. The van der Waals surface area contributed by atoms with Gasteiger partial charge in [-0.25, -0.2) is 0 Å². The first kappa shape index (κ1) is 9.98. The van der Waals surface area contributed by atoms with Crippen LogP contribution in [0.2, 0.25) is 0 Å². The molecule has 0 bridgehead atoms. The number of benzene rings is 1. The van der Waals surface area contributed by atoms with E-state index in [4.69, 9.17) is 4.74 Å². The minimum atomic E-state index is 0.880. The molecule has 1 nitrogen and oxygen atoms in total. The number of ether oxygens (including phenoxy) is 1. The summed E-state index contributed by atoms with van der Waals surface area (Å²) in [6.45, 7) is 3.13. The molecule has 0 amide bonds. The Labute approximate surface area is 87.6 Å². The molecule has 2 rings (SSSR count). The number of rotatable bonds is 4. The van der Waals surface area contributed by atoms with E-state index >= 15 is 0 Å². The number of para-hydroxylation sites is 1. The lowest BCUT2D eigenvalue weighted by Gasteiger charge is -2.07. The SMILES string of the molecule is CCCCPc1cccc2c1OCC2. The summed E-state index contributed by atoms with van der Waals surface area (Å²) < 4.78 is 5.67. The van der Waals surface area contributed by atoms with Gasteiger partial charge < -0.3 is 4.74 Å². The van der Waals surface area contributed by atoms with Gasteiger partial charge in [0.05, 0.1) is 6.61 Å². The highest BCUT2D eigenvalue weighted by Crippen LogP contribution is 2.28. The van der Waals surface area contributed by atoms with Crippen LogP contribution in [0.1, 0.15) is 25.3 Å². The maximum absolute atomic E-state index is 5.67. The molecule has 1 unspecified atom stereocenters. The summed E-state index contributed by atoms with van der Waals surface area (Å²) >= 11 is 0. The van der Waals surface area contributed by atoms with E-state index in [-0.39, 0.29) is 0 Å². The molecule has 1 atom stereocenters. The minimum absolute atomic E-state index is 0.880. The number of hydrogen-bond acceptors (Lipinski definition) is 1. The minimum Gasteiger partial charge on any atom is -0.492 e. The topological polar surface area (TPSA) is 9.23 Å². The van der Waals surface area contributed by atoms with Crippen molar-refractivity contribution in [3.05, 3.63) is 23.8 Å². The van der Waals surface area contributed by atoms with Crippen LogP contribution in [0.4, 0.5) is 0 Å². The van der Waals surface area contributed by atoms with Gasteiger partial charge >= 0.3 is 0 Å². The Hall–Kier alpha value is -0.550. The highest BCUT2D eigenvalue weighted by Gasteiger charge is 2.14. The zero-order chi connectivity index (χ0) is 9.80. The molecule has 2 heteroatoms. The van der Waals surface area contributed by atoms with Crippen LogP contribution in [-0.2, 0) is 6.42 Å². The lowest BCUT2D eigenvalue weighted by Crippen LogP contribution is -2.01. The molecular formula is C12H17OP.